The largest absolute Gasteiger partial charge is 0.328 e. The van der Waals surface area contributed by atoms with Crippen LogP contribution in [-0.4, -0.2) is 11.3 Å². The minimum Gasteiger partial charge on any atom is -0.328 e. The highest BCUT2D eigenvalue weighted by Crippen LogP contribution is 2.31. The van der Waals surface area contributed by atoms with E-state index in [0.717, 1.165) is 6.42 Å². The van der Waals surface area contributed by atoms with Crippen molar-refractivity contribution >= 4 is 11.8 Å². The van der Waals surface area contributed by atoms with E-state index in [0.29, 0.717) is 5.25 Å². The fourth-order valence-corrected chi connectivity index (χ4v) is 3.36. The molecule has 0 saturated heterocycles. The van der Waals surface area contributed by atoms with Crippen molar-refractivity contribution in [3.8, 4) is 0 Å². The zero-order valence-corrected chi connectivity index (χ0v) is 12.6. The summed E-state index contributed by atoms with van der Waals surface area (Å²) < 4.78 is 0. The lowest BCUT2D eigenvalue weighted by Gasteiger charge is -2.17. The van der Waals surface area contributed by atoms with Gasteiger partial charge in [0.2, 0.25) is 0 Å². The quantitative estimate of drug-likeness (QED) is 0.808. The molecule has 0 aromatic heterocycles. The number of thioether (sulfide) groups is 1. The standard InChI is InChI=1S/C17H23NS/c1-13(18)12-15-8-10-17(11-9-15)19-14(2)16-6-4-3-5-7-16/h3-4,6,8-11,13-14H,5,7,12,18H2,1-2H3. The first-order valence-corrected chi connectivity index (χ1v) is 7.90. The van der Waals surface area contributed by atoms with Crippen LogP contribution in [0.1, 0.15) is 32.3 Å². The summed E-state index contributed by atoms with van der Waals surface area (Å²) in [5, 5.41) is 0.559. The number of hydrogen-bond donors (Lipinski definition) is 1. The van der Waals surface area contributed by atoms with Gasteiger partial charge in [-0.2, -0.15) is 0 Å². The average Bonchev–Trinajstić information content (AvgIpc) is 2.41. The van der Waals surface area contributed by atoms with E-state index in [1.54, 1.807) is 5.57 Å². The zero-order valence-electron chi connectivity index (χ0n) is 11.8. The fraction of sp³-hybridized carbons (Fsp3) is 0.412. The third kappa shape index (κ3) is 4.55. The van der Waals surface area contributed by atoms with Crippen LogP contribution >= 0.6 is 11.8 Å². The Morgan fingerprint density at radius 2 is 1.95 bits per heavy atom. The molecule has 0 fully saturated rings. The number of nitrogens with two attached hydrogens (primary N) is 1. The van der Waals surface area contributed by atoms with Crippen molar-refractivity contribution in [1.82, 2.24) is 0 Å². The summed E-state index contributed by atoms with van der Waals surface area (Å²) >= 11 is 1.94. The van der Waals surface area contributed by atoms with Gasteiger partial charge in [-0.15, -0.1) is 11.8 Å². The van der Waals surface area contributed by atoms with Crippen molar-refractivity contribution in [3.05, 3.63) is 53.6 Å². The molecule has 0 saturated carbocycles. The topological polar surface area (TPSA) is 26.0 Å². The van der Waals surface area contributed by atoms with Crippen LogP contribution in [-0.2, 0) is 6.42 Å². The summed E-state index contributed by atoms with van der Waals surface area (Å²) in [5.74, 6) is 0. The molecule has 2 rings (SSSR count). The van der Waals surface area contributed by atoms with E-state index < -0.39 is 0 Å². The average molecular weight is 273 g/mol. The maximum atomic E-state index is 5.82. The Balaban J connectivity index is 1.95. The molecule has 2 unspecified atom stereocenters. The summed E-state index contributed by atoms with van der Waals surface area (Å²) in [7, 11) is 0. The summed E-state index contributed by atoms with van der Waals surface area (Å²) in [6.45, 7) is 4.35. The van der Waals surface area contributed by atoms with E-state index in [2.05, 4.69) is 49.4 Å². The van der Waals surface area contributed by atoms with Gasteiger partial charge in [-0.25, -0.2) is 0 Å². The van der Waals surface area contributed by atoms with Crippen molar-refractivity contribution in [2.24, 2.45) is 5.73 Å². The molecule has 1 aliphatic carbocycles. The molecule has 2 heteroatoms. The summed E-state index contributed by atoms with van der Waals surface area (Å²) in [6.07, 6.45) is 10.0. The van der Waals surface area contributed by atoms with Crippen LogP contribution in [0.15, 0.2) is 53.0 Å². The van der Waals surface area contributed by atoms with E-state index in [-0.39, 0.29) is 6.04 Å². The molecule has 0 radical (unpaired) electrons. The van der Waals surface area contributed by atoms with E-state index in [1.807, 2.05) is 18.7 Å². The highest BCUT2D eigenvalue weighted by molar-refractivity contribution is 8.00. The maximum absolute atomic E-state index is 5.82. The highest BCUT2D eigenvalue weighted by Gasteiger charge is 2.11. The Bertz CT molecular complexity index is 457. The van der Waals surface area contributed by atoms with Gasteiger partial charge in [0.1, 0.15) is 0 Å². The first kappa shape index (κ1) is 14.4. The van der Waals surface area contributed by atoms with Crippen molar-refractivity contribution in [2.75, 3.05) is 0 Å². The lowest BCUT2D eigenvalue weighted by molar-refractivity contribution is 0.737. The predicted octanol–water partition coefficient (Wildman–Crippen LogP) is 4.33. The van der Waals surface area contributed by atoms with Crippen LogP contribution in [0.2, 0.25) is 0 Å². The molecule has 102 valence electrons. The van der Waals surface area contributed by atoms with Crippen LogP contribution in [0.25, 0.3) is 0 Å². The summed E-state index contributed by atoms with van der Waals surface area (Å²) in [5.41, 5.74) is 8.70. The Morgan fingerprint density at radius 3 is 2.53 bits per heavy atom. The summed E-state index contributed by atoms with van der Waals surface area (Å²) in [4.78, 5) is 1.34. The predicted molar refractivity (Wildman–Crippen MR) is 85.6 cm³/mol. The minimum absolute atomic E-state index is 0.233. The molecule has 0 aliphatic heterocycles. The van der Waals surface area contributed by atoms with Crippen LogP contribution in [0.4, 0.5) is 0 Å². The van der Waals surface area contributed by atoms with E-state index >= 15 is 0 Å². The van der Waals surface area contributed by atoms with Gasteiger partial charge in [0.15, 0.2) is 0 Å². The monoisotopic (exact) mass is 273 g/mol. The summed E-state index contributed by atoms with van der Waals surface area (Å²) in [6, 6.07) is 9.08. The Hall–Kier alpha value is -0.990. The van der Waals surface area contributed by atoms with Gasteiger partial charge in [0.25, 0.3) is 0 Å². The first-order valence-electron chi connectivity index (χ1n) is 7.02. The van der Waals surface area contributed by atoms with Crippen molar-refractivity contribution in [2.45, 2.75) is 49.3 Å². The van der Waals surface area contributed by atoms with E-state index in [1.165, 1.54) is 23.3 Å². The van der Waals surface area contributed by atoms with Crippen molar-refractivity contribution in [3.63, 3.8) is 0 Å². The molecule has 2 atom stereocenters. The number of rotatable bonds is 5. The molecule has 1 nitrogen and oxygen atoms in total. The highest BCUT2D eigenvalue weighted by atomic mass is 32.2. The van der Waals surface area contributed by atoms with Crippen LogP contribution in [0.3, 0.4) is 0 Å². The van der Waals surface area contributed by atoms with Gasteiger partial charge < -0.3 is 5.73 Å². The SMILES string of the molecule is CC(N)Cc1ccc(SC(C)C2=CC=CCC2)cc1. The van der Waals surface area contributed by atoms with Gasteiger partial charge in [-0.05, 0) is 50.8 Å². The molecule has 1 aromatic carbocycles. The van der Waals surface area contributed by atoms with E-state index in [9.17, 15) is 0 Å². The van der Waals surface area contributed by atoms with Crippen LogP contribution in [0, 0.1) is 0 Å². The third-order valence-electron chi connectivity index (χ3n) is 3.36. The molecule has 0 heterocycles. The molecule has 1 aromatic rings. The molecule has 0 spiro atoms. The molecule has 0 amide bonds. The molecular formula is C17H23NS. The lowest BCUT2D eigenvalue weighted by Crippen LogP contribution is -2.17. The van der Waals surface area contributed by atoms with Crippen LogP contribution in [0.5, 0.6) is 0 Å². The molecular weight excluding hydrogens is 250 g/mol. The smallest absolute Gasteiger partial charge is 0.0278 e. The minimum atomic E-state index is 0.233. The Morgan fingerprint density at radius 1 is 1.21 bits per heavy atom. The second-order valence-corrected chi connectivity index (χ2v) is 6.71. The van der Waals surface area contributed by atoms with Gasteiger partial charge in [-0.1, -0.05) is 35.9 Å². The number of hydrogen-bond acceptors (Lipinski definition) is 2. The molecule has 19 heavy (non-hydrogen) atoms. The van der Waals surface area contributed by atoms with Gasteiger partial charge >= 0.3 is 0 Å². The lowest BCUT2D eigenvalue weighted by atomic mass is 10.0. The first-order chi connectivity index (χ1) is 9.15. The van der Waals surface area contributed by atoms with Gasteiger partial charge in [0.05, 0.1) is 0 Å². The maximum Gasteiger partial charge on any atom is 0.0278 e. The second kappa shape index (κ2) is 6.97. The number of benzene rings is 1. The van der Waals surface area contributed by atoms with E-state index in [4.69, 9.17) is 5.73 Å². The zero-order chi connectivity index (χ0) is 13.7. The molecule has 1 aliphatic rings. The normalized spacial score (nSPS) is 17.9. The fourth-order valence-electron chi connectivity index (χ4n) is 2.32. The van der Waals surface area contributed by atoms with Gasteiger partial charge in [-0.3, -0.25) is 0 Å². The van der Waals surface area contributed by atoms with Gasteiger partial charge in [0, 0.05) is 16.2 Å². The number of allylic oxidation sites excluding steroid dienone is 3. The van der Waals surface area contributed by atoms with Crippen molar-refractivity contribution < 1.29 is 0 Å². The Labute approximate surface area is 121 Å². The van der Waals surface area contributed by atoms with Crippen molar-refractivity contribution in [1.29, 1.82) is 0 Å². The molecule has 0 bridgehead atoms. The van der Waals surface area contributed by atoms with Crippen LogP contribution < -0.4 is 5.73 Å². The molecule has 2 N–H and O–H groups in total. The second-order valence-electron chi connectivity index (χ2n) is 5.29. The third-order valence-corrected chi connectivity index (χ3v) is 4.56. The Kier molecular flexibility index (Phi) is 5.29.